The van der Waals surface area contributed by atoms with E-state index in [1.165, 1.54) is 4.57 Å². The molecule has 2 rings (SSSR count). The number of nitrogens with two attached hydrogens (primary N) is 1. The maximum atomic E-state index is 12.7. The van der Waals surface area contributed by atoms with Gasteiger partial charge in [-0.2, -0.15) is 0 Å². The number of carbonyl (C=O) groups excluding carboxylic acids is 1. The molecule has 1 heterocycles. The first-order valence-electron chi connectivity index (χ1n) is 9.78. The van der Waals surface area contributed by atoms with Gasteiger partial charge in [-0.25, -0.2) is 0 Å². The Balaban J connectivity index is 2.03. The maximum absolute atomic E-state index is 12.7. The number of rotatable bonds is 12. The fourth-order valence-electron chi connectivity index (χ4n) is 2.86. The van der Waals surface area contributed by atoms with Crippen molar-refractivity contribution in [2.75, 3.05) is 46.3 Å². The molecule has 0 aliphatic heterocycles. The summed E-state index contributed by atoms with van der Waals surface area (Å²) in [6, 6.07) is 11.1. The second-order valence-corrected chi connectivity index (χ2v) is 6.74. The first-order valence-corrected chi connectivity index (χ1v) is 9.78. The van der Waals surface area contributed by atoms with Gasteiger partial charge in [-0.05, 0) is 18.7 Å². The van der Waals surface area contributed by atoms with Crippen molar-refractivity contribution >= 4 is 5.91 Å². The fraction of sp³-hybridized carbons (Fsp3) is 0.429. The minimum Gasteiger partial charge on any atom is -0.482 e. The van der Waals surface area contributed by atoms with E-state index in [0.29, 0.717) is 19.6 Å². The van der Waals surface area contributed by atoms with E-state index >= 15 is 0 Å². The van der Waals surface area contributed by atoms with Crippen LogP contribution in [0.3, 0.4) is 0 Å². The van der Waals surface area contributed by atoms with Gasteiger partial charge in [0.15, 0.2) is 5.75 Å². The van der Waals surface area contributed by atoms with Crippen LogP contribution in [-0.2, 0) is 13.7 Å². The molecular weight excluding hydrogens is 370 g/mol. The number of hydrogen-bond acceptors (Lipinski definition) is 6. The molecule has 0 atom stereocenters. The Labute approximate surface area is 171 Å². The van der Waals surface area contributed by atoms with Gasteiger partial charge in [0, 0.05) is 52.5 Å². The number of pyridine rings is 1. The van der Waals surface area contributed by atoms with E-state index in [4.69, 9.17) is 10.5 Å². The van der Waals surface area contributed by atoms with Gasteiger partial charge in [0.1, 0.15) is 6.61 Å². The zero-order valence-corrected chi connectivity index (χ0v) is 17.2. The summed E-state index contributed by atoms with van der Waals surface area (Å²) < 4.78 is 7.15. The van der Waals surface area contributed by atoms with Gasteiger partial charge in [-0.3, -0.25) is 14.5 Å². The highest BCUT2D eigenvalue weighted by Crippen LogP contribution is 2.14. The second kappa shape index (κ2) is 12.0. The van der Waals surface area contributed by atoms with Crippen LogP contribution >= 0.6 is 0 Å². The Morgan fingerprint density at radius 3 is 2.55 bits per heavy atom. The standard InChI is InChI=1S/C21H31N5O3/c1-23-10-14-26(13-9-22)15-11-24-20(27)18-8-12-25(2)21(28)19(18)29-16-17-6-4-3-5-7-17/h3-8,12,23H,9-11,13-16,22H2,1-2H3,(H,24,27). The van der Waals surface area contributed by atoms with Crippen LogP contribution < -0.4 is 26.7 Å². The number of carbonyl (C=O) groups is 1. The van der Waals surface area contributed by atoms with Crippen molar-refractivity contribution < 1.29 is 9.53 Å². The van der Waals surface area contributed by atoms with Crippen LogP contribution in [0.2, 0.25) is 0 Å². The molecular formula is C21H31N5O3. The Bertz CT molecular complexity index is 823. The van der Waals surface area contributed by atoms with Crippen LogP contribution in [0.4, 0.5) is 0 Å². The van der Waals surface area contributed by atoms with Crippen molar-refractivity contribution in [3.63, 3.8) is 0 Å². The summed E-state index contributed by atoms with van der Waals surface area (Å²) in [5.74, 6) is -0.266. The van der Waals surface area contributed by atoms with Crippen molar-refractivity contribution in [3.05, 3.63) is 64.1 Å². The molecule has 29 heavy (non-hydrogen) atoms. The molecule has 8 nitrogen and oxygen atoms in total. The molecule has 8 heteroatoms. The van der Waals surface area contributed by atoms with E-state index in [1.807, 2.05) is 37.4 Å². The van der Waals surface area contributed by atoms with Gasteiger partial charge in [0.2, 0.25) is 0 Å². The molecule has 0 spiro atoms. The zero-order valence-electron chi connectivity index (χ0n) is 17.2. The number of nitrogens with zero attached hydrogens (tertiary/aromatic N) is 2. The first kappa shape index (κ1) is 22.6. The predicted octanol–water partition coefficient (Wildman–Crippen LogP) is 0.174. The molecule has 0 aliphatic rings. The molecule has 1 aromatic heterocycles. The van der Waals surface area contributed by atoms with Crippen LogP contribution in [0.15, 0.2) is 47.4 Å². The molecule has 0 bridgehead atoms. The van der Waals surface area contributed by atoms with Gasteiger partial charge in [-0.15, -0.1) is 0 Å². The number of aryl methyl sites for hydroxylation is 1. The SMILES string of the molecule is CNCCN(CCN)CCNC(=O)c1ccn(C)c(=O)c1OCc1ccccc1. The fourth-order valence-corrected chi connectivity index (χ4v) is 2.86. The van der Waals surface area contributed by atoms with E-state index in [0.717, 1.165) is 25.2 Å². The molecule has 0 radical (unpaired) electrons. The molecule has 1 amide bonds. The summed E-state index contributed by atoms with van der Waals surface area (Å²) in [6.07, 6.45) is 1.57. The number of likely N-dealkylation sites (N-methyl/N-ethyl adjacent to an activating group) is 1. The first-order chi connectivity index (χ1) is 14.1. The van der Waals surface area contributed by atoms with Crippen molar-refractivity contribution in [2.24, 2.45) is 12.8 Å². The number of ether oxygens (including phenoxy) is 1. The normalized spacial score (nSPS) is 10.9. The third kappa shape index (κ3) is 7.01. The summed E-state index contributed by atoms with van der Waals surface area (Å²) in [4.78, 5) is 27.4. The summed E-state index contributed by atoms with van der Waals surface area (Å²) in [5, 5.41) is 5.98. The lowest BCUT2D eigenvalue weighted by atomic mass is 10.2. The van der Waals surface area contributed by atoms with Gasteiger partial charge >= 0.3 is 0 Å². The van der Waals surface area contributed by atoms with E-state index in [-0.39, 0.29) is 29.4 Å². The Morgan fingerprint density at radius 2 is 1.86 bits per heavy atom. The van der Waals surface area contributed by atoms with Crippen LogP contribution in [0.25, 0.3) is 0 Å². The molecule has 2 aromatic rings. The zero-order chi connectivity index (χ0) is 21.1. The quantitative estimate of drug-likeness (QED) is 0.469. The molecule has 0 fully saturated rings. The van der Waals surface area contributed by atoms with Crippen LogP contribution in [-0.4, -0.2) is 61.7 Å². The summed E-state index contributed by atoms with van der Waals surface area (Å²) >= 11 is 0. The van der Waals surface area contributed by atoms with Crippen molar-refractivity contribution in [1.82, 2.24) is 20.1 Å². The topological polar surface area (TPSA) is 102 Å². The summed E-state index contributed by atoms with van der Waals surface area (Å²) in [7, 11) is 3.53. The Hall–Kier alpha value is -2.68. The van der Waals surface area contributed by atoms with Crippen LogP contribution in [0.1, 0.15) is 15.9 Å². The van der Waals surface area contributed by atoms with Crippen molar-refractivity contribution in [3.8, 4) is 5.75 Å². The van der Waals surface area contributed by atoms with Crippen LogP contribution in [0.5, 0.6) is 5.75 Å². The van der Waals surface area contributed by atoms with E-state index in [9.17, 15) is 9.59 Å². The number of nitrogens with one attached hydrogen (secondary N) is 2. The van der Waals surface area contributed by atoms with E-state index in [2.05, 4.69) is 15.5 Å². The highest BCUT2D eigenvalue weighted by Gasteiger charge is 2.17. The molecule has 0 saturated heterocycles. The molecule has 0 unspecified atom stereocenters. The second-order valence-electron chi connectivity index (χ2n) is 6.74. The Kier molecular flexibility index (Phi) is 9.36. The average Bonchev–Trinajstić information content (AvgIpc) is 2.73. The summed E-state index contributed by atoms with van der Waals surface area (Å²) in [5.41, 5.74) is 6.48. The average molecular weight is 402 g/mol. The third-order valence-corrected chi connectivity index (χ3v) is 4.53. The van der Waals surface area contributed by atoms with E-state index < -0.39 is 0 Å². The maximum Gasteiger partial charge on any atom is 0.293 e. The van der Waals surface area contributed by atoms with E-state index in [1.54, 1.807) is 19.3 Å². The van der Waals surface area contributed by atoms with Crippen molar-refractivity contribution in [2.45, 2.75) is 6.61 Å². The highest BCUT2D eigenvalue weighted by molar-refractivity contribution is 5.96. The van der Waals surface area contributed by atoms with Crippen LogP contribution in [0, 0.1) is 0 Å². The van der Waals surface area contributed by atoms with Gasteiger partial charge < -0.3 is 25.7 Å². The molecule has 0 saturated carbocycles. The monoisotopic (exact) mass is 401 g/mol. The number of hydrogen-bond donors (Lipinski definition) is 3. The van der Waals surface area contributed by atoms with Gasteiger partial charge in [0.25, 0.3) is 11.5 Å². The largest absolute Gasteiger partial charge is 0.482 e. The predicted molar refractivity (Wildman–Crippen MR) is 114 cm³/mol. The van der Waals surface area contributed by atoms with Gasteiger partial charge in [-0.1, -0.05) is 30.3 Å². The minimum atomic E-state index is -0.340. The Morgan fingerprint density at radius 1 is 1.14 bits per heavy atom. The lowest BCUT2D eigenvalue weighted by Gasteiger charge is -2.21. The lowest BCUT2D eigenvalue weighted by molar-refractivity contribution is 0.0943. The smallest absolute Gasteiger partial charge is 0.293 e. The molecule has 158 valence electrons. The molecule has 0 aliphatic carbocycles. The van der Waals surface area contributed by atoms with Crippen molar-refractivity contribution in [1.29, 1.82) is 0 Å². The number of amides is 1. The number of aromatic nitrogens is 1. The highest BCUT2D eigenvalue weighted by atomic mass is 16.5. The minimum absolute atomic E-state index is 0.0605. The third-order valence-electron chi connectivity index (χ3n) is 4.53. The summed E-state index contributed by atoms with van der Waals surface area (Å²) in [6.45, 7) is 4.36. The number of benzene rings is 1. The molecule has 1 aromatic carbocycles. The van der Waals surface area contributed by atoms with Gasteiger partial charge in [0.05, 0.1) is 5.56 Å². The lowest BCUT2D eigenvalue weighted by Crippen LogP contribution is -2.40. The molecule has 4 N–H and O–H groups in total.